The molecule has 0 aliphatic rings. The highest BCUT2D eigenvalue weighted by Gasteiger charge is 1.97. The van der Waals surface area contributed by atoms with Crippen LogP contribution >= 0.6 is 12.4 Å². The summed E-state index contributed by atoms with van der Waals surface area (Å²) in [6.45, 7) is 4.39. The number of aromatic nitrogens is 2. The van der Waals surface area contributed by atoms with Gasteiger partial charge >= 0.3 is 0 Å². The highest BCUT2D eigenvalue weighted by atomic mass is 35.5. The highest BCUT2D eigenvalue weighted by molar-refractivity contribution is 5.85. The zero-order valence-corrected chi connectivity index (χ0v) is 7.63. The van der Waals surface area contributed by atoms with Crippen molar-refractivity contribution in [2.45, 2.75) is 13.0 Å². The summed E-state index contributed by atoms with van der Waals surface area (Å²) in [6.07, 6.45) is 6.15. The van der Waals surface area contributed by atoms with E-state index >= 15 is 0 Å². The first-order valence-electron chi connectivity index (χ1n) is 3.60. The number of halogens is 1. The molecule has 0 aliphatic heterocycles. The van der Waals surface area contributed by atoms with Crippen LogP contribution in [-0.4, -0.2) is 21.3 Å². The van der Waals surface area contributed by atoms with Gasteiger partial charge in [0.25, 0.3) is 0 Å². The molecule has 1 N–H and O–H groups in total. The molecule has 3 nitrogen and oxygen atoms in total. The van der Waals surface area contributed by atoms with Gasteiger partial charge in [-0.2, -0.15) is 0 Å². The molecule has 0 aliphatic carbocycles. The molecule has 68 valence electrons. The molecule has 1 aromatic rings. The Morgan fingerprint density at radius 2 is 2.42 bits per heavy atom. The van der Waals surface area contributed by atoms with Crippen LogP contribution in [-0.2, 0) is 13.0 Å². The molecule has 4 heteroatoms. The fourth-order valence-electron chi connectivity index (χ4n) is 0.970. The Hall–Kier alpha value is -0.800. The number of hydrogen-bond acceptors (Lipinski definition) is 2. The van der Waals surface area contributed by atoms with Crippen molar-refractivity contribution in [3.63, 3.8) is 0 Å². The molecule has 0 radical (unpaired) electrons. The molecule has 1 heterocycles. The first-order valence-corrected chi connectivity index (χ1v) is 3.60. The molecule has 1 rings (SSSR count). The standard InChI is InChI=1S/C8H12N2O.ClH/c1-2-3-8-9-4-5-10(8)6-7-11;/h2,4-5,11H,1,3,6-7H2;1H. The fourth-order valence-corrected chi connectivity index (χ4v) is 0.970. The predicted molar refractivity (Wildman–Crippen MR) is 50.5 cm³/mol. The van der Waals surface area contributed by atoms with Crippen molar-refractivity contribution in [1.29, 1.82) is 0 Å². The van der Waals surface area contributed by atoms with Crippen molar-refractivity contribution < 1.29 is 5.11 Å². The minimum atomic E-state index is 0. The van der Waals surface area contributed by atoms with Gasteiger partial charge in [-0.15, -0.1) is 19.0 Å². The second-order valence-electron chi connectivity index (χ2n) is 2.25. The van der Waals surface area contributed by atoms with E-state index in [1.54, 1.807) is 12.3 Å². The largest absolute Gasteiger partial charge is 0.395 e. The van der Waals surface area contributed by atoms with Crippen LogP contribution in [0.15, 0.2) is 25.0 Å². The highest BCUT2D eigenvalue weighted by Crippen LogP contribution is 1.98. The molecule has 0 spiro atoms. The number of nitrogens with zero attached hydrogens (tertiary/aromatic N) is 2. The summed E-state index contributed by atoms with van der Waals surface area (Å²) >= 11 is 0. The van der Waals surface area contributed by atoms with E-state index in [9.17, 15) is 0 Å². The summed E-state index contributed by atoms with van der Waals surface area (Å²) < 4.78 is 1.92. The quantitative estimate of drug-likeness (QED) is 0.717. The molecule has 0 saturated carbocycles. The van der Waals surface area contributed by atoms with Crippen LogP contribution < -0.4 is 0 Å². The van der Waals surface area contributed by atoms with Gasteiger partial charge in [0, 0.05) is 25.4 Å². The molecule has 0 saturated heterocycles. The van der Waals surface area contributed by atoms with Gasteiger partial charge < -0.3 is 9.67 Å². The Bertz CT molecular complexity index is 235. The van der Waals surface area contributed by atoms with Crippen LogP contribution in [0.1, 0.15) is 5.82 Å². The summed E-state index contributed by atoms with van der Waals surface area (Å²) in [4.78, 5) is 4.11. The third-order valence-electron chi connectivity index (χ3n) is 1.47. The Balaban J connectivity index is 0.00000121. The number of rotatable bonds is 4. The summed E-state index contributed by atoms with van der Waals surface area (Å²) in [5.74, 6) is 0.953. The third kappa shape index (κ3) is 2.68. The van der Waals surface area contributed by atoms with Crippen molar-refractivity contribution in [2.24, 2.45) is 0 Å². The average Bonchev–Trinajstić information content (AvgIpc) is 2.39. The van der Waals surface area contributed by atoms with Crippen molar-refractivity contribution in [3.05, 3.63) is 30.9 Å². The average molecular weight is 189 g/mol. The second kappa shape index (κ2) is 5.80. The number of aliphatic hydroxyl groups is 1. The zero-order valence-electron chi connectivity index (χ0n) is 6.81. The van der Waals surface area contributed by atoms with Crippen LogP contribution in [0.2, 0.25) is 0 Å². The van der Waals surface area contributed by atoms with Crippen molar-refractivity contribution >= 4 is 12.4 Å². The maximum absolute atomic E-state index is 8.66. The third-order valence-corrected chi connectivity index (χ3v) is 1.47. The molecule has 12 heavy (non-hydrogen) atoms. The summed E-state index contributed by atoms with van der Waals surface area (Å²) in [5, 5.41) is 8.66. The molecule has 1 aromatic heterocycles. The monoisotopic (exact) mass is 188 g/mol. The topological polar surface area (TPSA) is 38.0 Å². The molecule has 0 amide bonds. The molecular formula is C8H13ClN2O. The Labute approximate surface area is 78.2 Å². The van der Waals surface area contributed by atoms with Gasteiger partial charge in [0.2, 0.25) is 0 Å². The van der Waals surface area contributed by atoms with Gasteiger partial charge in [-0.3, -0.25) is 0 Å². The molecule has 0 atom stereocenters. The lowest BCUT2D eigenvalue weighted by Crippen LogP contribution is -2.05. The SMILES string of the molecule is C=CCc1nccn1CCO.Cl. The molecule has 0 aromatic carbocycles. The van der Waals surface area contributed by atoms with Gasteiger partial charge in [-0.1, -0.05) is 6.08 Å². The number of imidazole rings is 1. The second-order valence-corrected chi connectivity index (χ2v) is 2.25. The van der Waals surface area contributed by atoms with E-state index < -0.39 is 0 Å². The number of hydrogen-bond donors (Lipinski definition) is 1. The lowest BCUT2D eigenvalue weighted by Gasteiger charge is -2.01. The van der Waals surface area contributed by atoms with Gasteiger partial charge in [-0.05, 0) is 0 Å². The maximum atomic E-state index is 8.66. The Morgan fingerprint density at radius 3 is 3.00 bits per heavy atom. The fraction of sp³-hybridized carbons (Fsp3) is 0.375. The minimum Gasteiger partial charge on any atom is -0.395 e. The number of aliphatic hydroxyl groups excluding tert-OH is 1. The molecule has 0 fully saturated rings. The van der Waals surface area contributed by atoms with Crippen LogP contribution in [0.3, 0.4) is 0 Å². The Kier molecular flexibility index (Phi) is 5.41. The summed E-state index contributed by atoms with van der Waals surface area (Å²) in [6, 6.07) is 0. The van der Waals surface area contributed by atoms with Crippen LogP contribution in [0, 0.1) is 0 Å². The minimum absolute atomic E-state index is 0. The van der Waals surface area contributed by atoms with E-state index in [4.69, 9.17) is 5.11 Å². The molecular weight excluding hydrogens is 176 g/mol. The van der Waals surface area contributed by atoms with Crippen molar-refractivity contribution in [2.75, 3.05) is 6.61 Å². The summed E-state index contributed by atoms with van der Waals surface area (Å²) in [5.41, 5.74) is 0. The van der Waals surface area contributed by atoms with E-state index in [1.165, 1.54) is 0 Å². The van der Waals surface area contributed by atoms with Crippen molar-refractivity contribution in [3.8, 4) is 0 Å². The van der Waals surface area contributed by atoms with Crippen LogP contribution in [0.4, 0.5) is 0 Å². The van der Waals surface area contributed by atoms with E-state index in [0.717, 1.165) is 12.2 Å². The smallest absolute Gasteiger partial charge is 0.112 e. The first-order chi connectivity index (χ1) is 5.38. The van der Waals surface area contributed by atoms with Crippen LogP contribution in [0.5, 0.6) is 0 Å². The summed E-state index contributed by atoms with van der Waals surface area (Å²) in [7, 11) is 0. The van der Waals surface area contributed by atoms with Gasteiger partial charge in [-0.25, -0.2) is 4.98 Å². The van der Waals surface area contributed by atoms with E-state index in [0.29, 0.717) is 6.54 Å². The van der Waals surface area contributed by atoms with E-state index in [2.05, 4.69) is 11.6 Å². The van der Waals surface area contributed by atoms with Crippen LogP contribution in [0.25, 0.3) is 0 Å². The zero-order chi connectivity index (χ0) is 8.10. The van der Waals surface area contributed by atoms with E-state index in [1.807, 2.05) is 10.8 Å². The lowest BCUT2D eigenvalue weighted by molar-refractivity contribution is 0.274. The van der Waals surface area contributed by atoms with Gasteiger partial charge in [0.15, 0.2) is 0 Å². The molecule has 0 unspecified atom stereocenters. The first kappa shape index (κ1) is 11.2. The molecule has 0 bridgehead atoms. The van der Waals surface area contributed by atoms with Gasteiger partial charge in [0.05, 0.1) is 6.61 Å². The maximum Gasteiger partial charge on any atom is 0.112 e. The number of allylic oxidation sites excluding steroid dienone is 1. The van der Waals surface area contributed by atoms with Crippen molar-refractivity contribution in [1.82, 2.24) is 9.55 Å². The van der Waals surface area contributed by atoms with E-state index in [-0.39, 0.29) is 19.0 Å². The predicted octanol–water partition coefficient (Wildman–Crippen LogP) is 1.03. The van der Waals surface area contributed by atoms with Gasteiger partial charge in [0.1, 0.15) is 5.82 Å². The Morgan fingerprint density at radius 1 is 1.67 bits per heavy atom. The normalized spacial score (nSPS) is 9.08. The lowest BCUT2D eigenvalue weighted by atomic mass is 10.4.